The van der Waals surface area contributed by atoms with Gasteiger partial charge in [-0.3, -0.25) is 4.72 Å². The Labute approximate surface area is 113 Å². The molecule has 100 valence electrons. The second-order valence-electron chi connectivity index (χ2n) is 3.71. The number of sulfonamides is 1. The number of imidazole rings is 1. The molecule has 7 nitrogen and oxygen atoms in total. The van der Waals surface area contributed by atoms with Crippen molar-refractivity contribution in [2.24, 2.45) is 0 Å². The van der Waals surface area contributed by atoms with E-state index in [1.165, 1.54) is 24.7 Å². The van der Waals surface area contributed by atoms with Gasteiger partial charge in [-0.25, -0.2) is 4.98 Å². The van der Waals surface area contributed by atoms with Crippen LogP contribution in [-0.4, -0.2) is 25.2 Å². The van der Waals surface area contributed by atoms with Crippen molar-refractivity contribution in [3.8, 4) is 11.5 Å². The van der Waals surface area contributed by atoms with Crippen molar-refractivity contribution >= 4 is 27.3 Å². The number of nitrogens with one attached hydrogen (secondary N) is 2. The Balaban J connectivity index is 1.96. The van der Waals surface area contributed by atoms with Gasteiger partial charge in [0.15, 0.2) is 16.5 Å². The highest BCUT2D eigenvalue weighted by atomic mass is 35.5. The second-order valence-corrected chi connectivity index (χ2v) is 5.76. The second kappa shape index (κ2) is 4.32. The highest BCUT2D eigenvalue weighted by Gasteiger charge is 2.21. The molecule has 0 spiro atoms. The Morgan fingerprint density at radius 3 is 2.74 bits per heavy atom. The lowest BCUT2D eigenvalue weighted by atomic mass is 10.3. The predicted molar refractivity (Wildman–Crippen MR) is 67.0 cm³/mol. The molecule has 1 aliphatic heterocycles. The Hall–Kier alpha value is -1.93. The lowest BCUT2D eigenvalue weighted by Gasteiger charge is -2.09. The normalized spacial score (nSPS) is 13.5. The predicted octanol–water partition coefficient (Wildman–Crippen LogP) is 1.59. The molecule has 2 heterocycles. The van der Waals surface area contributed by atoms with Crippen LogP contribution in [0, 0.1) is 0 Å². The van der Waals surface area contributed by atoms with Crippen LogP contribution in [0.2, 0.25) is 5.02 Å². The first-order valence-corrected chi connectivity index (χ1v) is 7.03. The van der Waals surface area contributed by atoms with Crippen molar-refractivity contribution in [2.75, 3.05) is 11.5 Å². The fourth-order valence-electron chi connectivity index (χ4n) is 1.59. The Bertz CT molecular complexity index is 715. The summed E-state index contributed by atoms with van der Waals surface area (Å²) >= 11 is 5.99. The molecule has 2 N–H and O–H groups in total. The van der Waals surface area contributed by atoms with Gasteiger partial charge in [-0.15, -0.1) is 0 Å². The molecule has 0 aliphatic carbocycles. The summed E-state index contributed by atoms with van der Waals surface area (Å²) in [6.07, 6.45) is 2.47. The molecular formula is C10H8ClN3O4S. The monoisotopic (exact) mass is 301 g/mol. The zero-order chi connectivity index (χ0) is 13.5. The molecule has 0 amide bonds. The fourth-order valence-corrected chi connectivity index (χ4v) is 2.82. The van der Waals surface area contributed by atoms with Crippen LogP contribution in [0.1, 0.15) is 0 Å². The van der Waals surface area contributed by atoms with E-state index >= 15 is 0 Å². The molecule has 1 aromatic carbocycles. The summed E-state index contributed by atoms with van der Waals surface area (Å²) in [6, 6.07) is 2.97. The van der Waals surface area contributed by atoms with E-state index in [2.05, 4.69) is 14.7 Å². The Kier molecular flexibility index (Phi) is 2.76. The Morgan fingerprint density at radius 1 is 1.32 bits per heavy atom. The molecule has 3 rings (SSSR count). The summed E-state index contributed by atoms with van der Waals surface area (Å²) < 4.78 is 36.7. The number of benzene rings is 1. The molecular weight excluding hydrogens is 294 g/mol. The third-order valence-corrected chi connectivity index (χ3v) is 4.07. The summed E-state index contributed by atoms with van der Waals surface area (Å²) in [4.78, 5) is 6.17. The average Bonchev–Trinajstić information content (AvgIpc) is 2.98. The number of nitrogens with zero attached hydrogens (tertiary/aromatic N) is 1. The summed E-state index contributed by atoms with van der Waals surface area (Å²) in [6.45, 7) is 0.0857. The molecule has 9 heteroatoms. The maximum Gasteiger partial charge on any atom is 0.279 e. The first-order chi connectivity index (χ1) is 9.06. The zero-order valence-electron chi connectivity index (χ0n) is 9.38. The molecule has 0 bridgehead atoms. The van der Waals surface area contributed by atoms with Crippen molar-refractivity contribution in [1.82, 2.24) is 9.97 Å². The smallest absolute Gasteiger partial charge is 0.279 e. The maximum absolute atomic E-state index is 12.0. The molecule has 0 unspecified atom stereocenters. The van der Waals surface area contributed by atoms with Gasteiger partial charge in [-0.1, -0.05) is 11.6 Å². The highest BCUT2D eigenvalue weighted by molar-refractivity contribution is 7.92. The summed E-state index contributed by atoms with van der Waals surface area (Å²) in [7, 11) is -3.76. The number of aromatic nitrogens is 2. The molecule has 19 heavy (non-hydrogen) atoms. The van der Waals surface area contributed by atoms with Crippen LogP contribution in [-0.2, 0) is 10.0 Å². The van der Waals surface area contributed by atoms with Gasteiger partial charge in [0.2, 0.25) is 6.79 Å². The summed E-state index contributed by atoms with van der Waals surface area (Å²) in [5.41, 5.74) is 0.209. The molecule has 0 saturated heterocycles. The number of ether oxygens (including phenoxy) is 2. The molecule has 0 radical (unpaired) electrons. The highest BCUT2D eigenvalue weighted by Crippen LogP contribution is 2.39. The van der Waals surface area contributed by atoms with E-state index in [1.54, 1.807) is 0 Å². The fraction of sp³-hybridized carbons (Fsp3) is 0.100. The first kappa shape index (κ1) is 12.1. The molecule has 1 aliphatic rings. The quantitative estimate of drug-likeness (QED) is 0.898. The van der Waals surface area contributed by atoms with Crippen LogP contribution < -0.4 is 14.2 Å². The van der Waals surface area contributed by atoms with Gasteiger partial charge in [0, 0.05) is 12.1 Å². The number of hydrogen-bond donors (Lipinski definition) is 2. The first-order valence-electron chi connectivity index (χ1n) is 5.16. The van der Waals surface area contributed by atoms with Gasteiger partial charge in [0.25, 0.3) is 10.0 Å². The number of anilines is 1. The van der Waals surface area contributed by atoms with E-state index in [0.717, 1.165) is 0 Å². The minimum Gasteiger partial charge on any atom is -0.454 e. The van der Waals surface area contributed by atoms with Gasteiger partial charge in [0.05, 0.1) is 23.2 Å². The third-order valence-electron chi connectivity index (χ3n) is 2.47. The number of fused-ring (bicyclic) bond motifs is 1. The van der Waals surface area contributed by atoms with Crippen molar-refractivity contribution in [2.45, 2.75) is 5.03 Å². The number of halogens is 1. The van der Waals surface area contributed by atoms with Gasteiger partial charge < -0.3 is 14.5 Å². The van der Waals surface area contributed by atoms with E-state index in [9.17, 15) is 8.42 Å². The van der Waals surface area contributed by atoms with Gasteiger partial charge in [-0.2, -0.15) is 8.42 Å². The topological polar surface area (TPSA) is 93.3 Å². The van der Waals surface area contributed by atoms with E-state index in [4.69, 9.17) is 21.1 Å². The van der Waals surface area contributed by atoms with Crippen molar-refractivity contribution in [3.05, 3.63) is 29.7 Å². The van der Waals surface area contributed by atoms with Crippen molar-refractivity contribution in [3.63, 3.8) is 0 Å². The maximum atomic E-state index is 12.0. The van der Waals surface area contributed by atoms with Crippen molar-refractivity contribution < 1.29 is 17.9 Å². The van der Waals surface area contributed by atoms with Crippen LogP contribution in [0.3, 0.4) is 0 Å². The van der Waals surface area contributed by atoms with Gasteiger partial charge in [0.1, 0.15) is 0 Å². The SMILES string of the molecule is O=S(=O)(Nc1cc2c(cc1Cl)OCO2)c1cnc[nH]1. The number of H-pyrrole nitrogens is 1. The van der Waals surface area contributed by atoms with Crippen LogP contribution in [0.4, 0.5) is 5.69 Å². The van der Waals surface area contributed by atoms with Gasteiger partial charge >= 0.3 is 0 Å². The average molecular weight is 302 g/mol. The summed E-state index contributed by atoms with van der Waals surface area (Å²) in [5, 5.41) is 0.161. The molecule has 0 saturated carbocycles. The third kappa shape index (κ3) is 2.20. The number of aromatic amines is 1. The molecule has 1 aromatic heterocycles. The minimum atomic E-state index is -3.76. The number of rotatable bonds is 3. The van der Waals surface area contributed by atoms with Crippen LogP contribution in [0.25, 0.3) is 0 Å². The van der Waals surface area contributed by atoms with Crippen molar-refractivity contribution in [1.29, 1.82) is 0 Å². The van der Waals surface area contributed by atoms with E-state index in [-0.39, 0.29) is 22.5 Å². The lowest BCUT2D eigenvalue weighted by molar-refractivity contribution is 0.174. The summed E-state index contributed by atoms with van der Waals surface area (Å²) in [5.74, 6) is 0.918. The molecule has 2 aromatic rings. The van der Waals surface area contributed by atoms with E-state index in [1.807, 2.05) is 0 Å². The number of hydrogen-bond acceptors (Lipinski definition) is 5. The largest absolute Gasteiger partial charge is 0.454 e. The lowest BCUT2D eigenvalue weighted by Crippen LogP contribution is -2.13. The van der Waals surface area contributed by atoms with Crippen LogP contribution in [0.15, 0.2) is 29.7 Å². The van der Waals surface area contributed by atoms with E-state index < -0.39 is 10.0 Å². The van der Waals surface area contributed by atoms with E-state index in [0.29, 0.717) is 11.5 Å². The standard InChI is InChI=1S/C10H8ClN3O4S/c11-6-1-8-9(18-5-17-8)2-7(6)14-19(15,16)10-3-12-4-13-10/h1-4,14H,5H2,(H,12,13). The molecule has 0 atom stereocenters. The molecule has 0 fully saturated rings. The van der Waals surface area contributed by atoms with Crippen LogP contribution in [0.5, 0.6) is 11.5 Å². The van der Waals surface area contributed by atoms with Gasteiger partial charge in [-0.05, 0) is 0 Å². The zero-order valence-corrected chi connectivity index (χ0v) is 11.0. The minimum absolute atomic E-state index is 0.0544. The van der Waals surface area contributed by atoms with Crippen LogP contribution >= 0.6 is 11.6 Å². The Morgan fingerprint density at radius 2 is 2.05 bits per heavy atom.